The molecule has 0 N–H and O–H groups in total. The Morgan fingerprint density at radius 3 is 1.71 bits per heavy atom. The van der Waals surface area contributed by atoms with Gasteiger partial charge in [-0.3, -0.25) is 0 Å². The third-order valence-corrected chi connectivity index (χ3v) is 3.85. The van der Waals surface area contributed by atoms with Gasteiger partial charge in [0.05, 0.1) is 5.56 Å². The summed E-state index contributed by atoms with van der Waals surface area (Å²) in [5, 5.41) is 18.3. The number of benzene rings is 2. The van der Waals surface area contributed by atoms with Crippen molar-refractivity contribution < 1.29 is 22.0 Å². The minimum atomic E-state index is -2.27. The summed E-state index contributed by atoms with van der Waals surface area (Å²) in [6, 6.07) is 9.76. The standard InChI is InChI=1S/C20H12F5N3/c1-28(2)13-5-3-11(4-6-13)14(12(9-26)10-27)7-8-15-16(21)18(23)20(25)19(24)17(15)22/h3-8H,1-2H3/b8-7+. The largest absolute Gasteiger partial charge is 0.378 e. The fourth-order valence-electron chi connectivity index (χ4n) is 2.34. The van der Waals surface area contributed by atoms with E-state index >= 15 is 0 Å². The highest BCUT2D eigenvalue weighted by molar-refractivity contribution is 5.85. The lowest BCUT2D eigenvalue weighted by molar-refractivity contribution is 0.377. The van der Waals surface area contributed by atoms with Crippen LogP contribution in [0.1, 0.15) is 11.1 Å². The first kappa shape index (κ1) is 20.7. The lowest BCUT2D eigenvalue weighted by atomic mass is 9.99. The van der Waals surface area contributed by atoms with Crippen LogP contribution in [0.3, 0.4) is 0 Å². The van der Waals surface area contributed by atoms with Crippen LogP contribution in [0.15, 0.2) is 35.9 Å². The summed E-state index contributed by atoms with van der Waals surface area (Å²) in [5.74, 6) is -10.5. The van der Waals surface area contributed by atoms with E-state index in [0.29, 0.717) is 11.6 Å². The molecule has 0 amide bonds. The number of allylic oxidation sites excluding steroid dienone is 3. The van der Waals surface area contributed by atoms with Crippen molar-refractivity contribution in [3.63, 3.8) is 0 Å². The Labute approximate surface area is 157 Å². The molecule has 0 aliphatic rings. The van der Waals surface area contributed by atoms with Crippen LogP contribution in [0.25, 0.3) is 11.6 Å². The summed E-state index contributed by atoms with van der Waals surface area (Å²) in [5.41, 5.74) is -0.433. The second kappa shape index (κ2) is 8.36. The van der Waals surface area contributed by atoms with E-state index in [0.717, 1.165) is 11.8 Å². The minimum absolute atomic E-state index is 0.0285. The molecule has 28 heavy (non-hydrogen) atoms. The average Bonchev–Trinajstić information content (AvgIpc) is 2.70. The molecule has 3 nitrogen and oxygen atoms in total. The molecule has 0 heterocycles. The Morgan fingerprint density at radius 1 is 0.821 bits per heavy atom. The van der Waals surface area contributed by atoms with Gasteiger partial charge < -0.3 is 4.90 Å². The highest BCUT2D eigenvalue weighted by atomic mass is 19.2. The third-order valence-electron chi connectivity index (χ3n) is 3.85. The monoisotopic (exact) mass is 389 g/mol. The summed E-state index contributed by atoms with van der Waals surface area (Å²) in [6.45, 7) is 0. The van der Waals surface area contributed by atoms with Gasteiger partial charge in [-0.05, 0) is 23.8 Å². The first-order chi connectivity index (χ1) is 13.2. The average molecular weight is 389 g/mol. The van der Waals surface area contributed by atoms with E-state index in [2.05, 4.69) is 0 Å². The summed E-state index contributed by atoms with van der Waals surface area (Å²) in [7, 11) is 3.59. The van der Waals surface area contributed by atoms with Crippen LogP contribution in [-0.4, -0.2) is 14.1 Å². The fraction of sp³-hybridized carbons (Fsp3) is 0.100. The van der Waals surface area contributed by atoms with Crippen molar-refractivity contribution in [2.24, 2.45) is 0 Å². The van der Waals surface area contributed by atoms with Gasteiger partial charge in [0.2, 0.25) is 5.82 Å². The van der Waals surface area contributed by atoms with Crippen LogP contribution >= 0.6 is 0 Å². The number of hydrogen-bond acceptors (Lipinski definition) is 3. The molecular formula is C20H12F5N3. The summed E-state index contributed by atoms with van der Waals surface area (Å²) in [6.07, 6.45) is 1.60. The van der Waals surface area contributed by atoms with Crippen molar-refractivity contribution in [2.45, 2.75) is 0 Å². The molecule has 0 bridgehead atoms. The second-order valence-electron chi connectivity index (χ2n) is 5.77. The number of nitrogens with zero attached hydrogens (tertiary/aromatic N) is 3. The smallest absolute Gasteiger partial charge is 0.200 e. The first-order valence-electron chi connectivity index (χ1n) is 7.74. The summed E-state index contributed by atoms with van der Waals surface area (Å²) < 4.78 is 67.5. The molecule has 0 atom stereocenters. The SMILES string of the molecule is CN(C)c1ccc(C(/C=C/c2c(F)c(F)c(F)c(F)c2F)=C(C#N)C#N)cc1. The molecular weight excluding hydrogens is 377 g/mol. The number of hydrogen-bond donors (Lipinski definition) is 0. The Balaban J connectivity index is 2.63. The van der Waals surface area contributed by atoms with E-state index in [1.807, 2.05) is 0 Å². The molecule has 0 aromatic heterocycles. The molecule has 0 radical (unpaired) electrons. The first-order valence-corrected chi connectivity index (χ1v) is 7.74. The van der Waals surface area contributed by atoms with Gasteiger partial charge in [0.1, 0.15) is 17.7 Å². The molecule has 8 heteroatoms. The van der Waals surface area contributed by atoms with E-state index in [1.165, 1.54) is 0 Å². The molecule has 0 saturated heterocycles. The van der Waals surface area contributed by atoms with E-state index < -0.39 is 40.2 Å². The zero-order valence-corrected chi connectivity index (χ0v) is 14.7. The molecule has 0 unspecified atom stereocenters. The molecule has 142 valence electrons. The van der Waals surface area contributed by atoms with Crippen molar-refractivity contribution >= 4 is 17.3 Å². The molecule has 0 spiro atoms. The van der Waals surface area contributed by atoms with Gasteiger partial charge in [0.15, 0.2) is 23.3 Å². The lowest BCUT2D eigenvalue weighted by Gasteiger charge is -2.13. The Bertz CT molecular complexity index is 1010. The Morgan fingerprint density at radius 2 is 1.29 bits per heavy atom. The Hall–Kier alpha value is -3.65. The van der Waals surface area contributed by atoms with Crippen LogP contribution in [0.2, 0.25) is 0 Å². The van der Waals surface area contributed by atoms with Crippen molar-refractivity contribution in [1.29, 1.82) is 10.5 Å². The third kappa shape index (κ3) is 3.86. The minimum Gasteiger partial charge on any atom is -0.378 e. The zero-order chi connectivity index (χ0) is 21.0. The maximum atomic E-state index is 13.8. The molecule has 0 aliphatic heterocycles. The van der Waals surface area contributed by atoms with E-state index in [9.17, 15) is 22.0 Å². The van der Waals surface area contributed by atoms with Crippen molar-refractivity contribution in [1.82, 2.24) is 0 Å². The van der Waals surface area contributed by atoms with E-state index in [4.69, 9.17) is 10.5 Å². The van der Waals surface area contributed by atoms with Crippen molar-refractivity contribution in [3.8, 4) is 12.1 Å². The quantitative estimate of drug-likeness (QED) is 0.244. The van der Waals surface area contributed by atoms with Crippen LogP contribution < -0.4 is 4.90 Å². The molecule has 2 aromatic rings. The summed E-state index contributed by atoms with van der Waals surface area (Å²) >= 11 is 0. The number of halogens is 5. The van der Waals surface area contributed by atoms with E-state index in [-0.39, 0.29) is 5.57 Å². The van der Waals surface area contributed by atoms with Gasteiger partial charge in [-0.15, -0.1) is 0 Å². The maximum Gasteiger partial charge on any atom is 0.200 e. The number of nitriles is 2. The van der Waals surface area contributed by atoms with Crippen molar-refractivity contribution in [2.75, 3.05) is 19.0 Å². The molecule has 0 fully saturated rings. The molecule has 2 rings (SSSR count). The van der Waals surface area contributed by atoms with Crippen LogP contribution in [-0.2, 0) is 0 Å². The highest BCUT2D eigenvalue weighted by Crippen LogP contribution is 2.27. The maximum absolute atomic E-state index is 13.8. The Kier molecular flexibility index (Phi) is 6.17. The zero-order valence-electron chi connectivity index (χ0n) is 14.7. The number of rotatable bonds is 4. The molecule has 0 saturated carbocycles. The number of anilines is 1. The molecule has 2 aromatic carbocycles. The predicted octanol–water partition coefficient (Wildman–Crippen LogP) is 4.96. The second-order valence-corrected chi connectivity index (χ2v) is 5.77. The van der Waals surface area contributed by atoms with Gasteiger partial charge >= 0.3 is 0 Å². The van der Waals surface area contributed by atoms with Crippen LogP contribution in [0.5, 0.6) is 0 Å². The predicted molar refractivity (Wildman–Crippen MR) is 94.2 cm³/mol. The van der Waals surface area contributed by atoms with Gasteiger partial charge in [0.25, 0.3) is 0 Å². The lowest BCUT2D eigenvalue weighted by Crippen LogP contribution is -2.08. The van der Waals surface area contributed by atoms with Gasteiger partial charge in [0, 0.05) is 25.4 Å². The fourth-order valence-corrected chi connectivity index (χ4v) is 2.34. The summed E-state index contributed by atoms with van der Waals surface area (Å²) in [4.78, 5) is 1.80. The van der Waals surface area contributed by atoms with Crippen LogP contribution in [0, 0.1) is 51.7 Å². The molecule has 0 aliphatic carbocycles. The van der Waals surface area contributed by atoms with Crippen LogP contribution in [0.4, 0.5) is 27.6 Å². The highest BCUT2D eigenvalue weighted by Gasteiger charge is 2.24. The normalized spacial score (nSPS) is 10.5. The van der Waals surface area contributed by atoms with Gasteiger partial charge in [-0.1, -0.05) is 18.2 Å². The van der Waals surface area contributed by atoms with Gasteiger partial charge in [-0.2, -0.15) is 10.5 Å². The van der Waals surface area contributed by atoms with E-state index in [1.54, 1.807) is 55.4 Å². The topological polar surface area (TPSA) is 50.8 Å². The van der Waals surface area contributed by atoms with Gasteiger partial charge in [-0.25, -0.2) is 22.0 Å². The van der Waals surface area contributed by atoms with Crippen molar-refractivity contribution in [3.05, 3.63) is 76.1 Å².